The predicted octanol–water partition coefficient (Wildman–Crippen LogP) is 6.25. The van der Waals surface area contributed by atoms with Crippen LogP contribution in [0.3, 0.4) is 0 Å². The molecule has 0 spiro atoms. The molecule has 0 bridgehead atoms. The standard InChI is InChI=1S/C35H38Cl2N6O2/c1-3-40(4-2)18-19-43(35(45)30-15-14-29(36)24-31(30)37)25-34(44)42-22-20-41(21-23-42)33-17-16-32(38-39-33)28-12-10-27(11-13-28)26-8-6-5-7-9-26/h5-17,24H,3-4,18-23,25H2,1-2H3. The molecule has 3 aromatic carbocycles. The van der Waals surface area contributed by atoms with Crippen molar-refractivity contribution in [2.75, 3.05) is 63.8 Å². The van der Waals surface area contributed by atoms with Crippen LogP contribution in [0.2, 0.25) is 10.0 Å². The third kappa shape index (κ3) is 8.19. The van der Waals surface area contributed by atoms with Crippen molar-refractivity contribution in [3.63, 3.8) is 0 Å². The van der Waals surface area contributed by atoms with E-state index in [1.54, 1.807) is 23.1 Å². The zero-order valence-corrected chi connectivity index (χ0v) is 27.2. The van der Waals surface area contributed by atoms with Crippen molar-refractivity contribution in [2.24, 2.45) is 0 Å². The van der Waals surface area contributed by atoms with Gasteiger partial charge in [0.2, 0.25) is 5.91 Å². The minimum atomic E-state index is -0.277. The molecule has 4 aromatic rings. The molecule has 0 atom stereocenters. The Morgan fingerprint density at radius 2 is 1.42 bits per heavy atom. The van der Waals surface area contributed by atoms with Gasteiger partial charge in [-0.1, -0.05) is 91.6 Å². The number of rotatable bonds is 11. The van der Waals surface area contributed by atoms with Gasteiger partial charge in [0.25, 0.3) is 5.91 Å². The highest BCUT2D eigenvalue weighted by Gasteiger charge is 2.27. The van der Waals surface area contributed by atoms with Crippen LogP contribution in [0.5, 0.6) is 0 Å². The lowest BCUT2D eigenvalue weighted by atomic mass is 10.0. The minimum Gasteiger partial charge on any atom is -0.352 e. The van der Waals surface area contributed by atoms with Crippen molar-refractivity contribution < 1.29 is 9.59 Å². The van der Waals surface area contributed by atoms with Gasteiger partial charge in [0.15, 0.2) is 5.82 Å². The highest BCUT2D eigenvalue weighted by atomic mass is 35.5. The second-order valence-electron chi connectivity index (χ2n) is 11.0. The zero-order chi connectivity index (χ0) is 31.8. The Balaban J connectivity index is 1.19. The molecule has 0 radical (unpaired) electrons. The molecule has 45 heavy (non-hydrogen) atoms. The molecule has 2 heterocycles. The Morgan fingerprint density at radius 3 is 2.04 bits per heavy atom. The number of hydrogen-bond acceptors (Lipinski definition) is 6. The Labute approximate surface area is 275 Å². The van der Waals surface area contributed by atoms with Crippen LogP contribution in [0.25, 0.3) is 22.4 Å². The maximum absolute atomic E-state index is 13.5. The first kappa shape index (κ1) is 32.4. The van der Waals surface area contributed by atoms with Gasteiger partial charge in [-0.2, -0.15) is 0 Å². The molecule has 234 valence electrons. The number of anilines is 1. The number of benzene rings is 3. The highest BCUT2D eigenvalue weighted by molar-refractivity contribution is 6.36. The second-order valence-corrected chi connectivity index (χ2v) is 11.8. The summed E-state index contributed by atoms with van der Waals surface area (Å²) in [4.78, 5) is 34.7. The summed E-state index contributed by atoms with van der Waals surface area (Å²) < 4.78 is 0. The quantitative estimate of drug-likeness (QED) is 0.192. The van der Waals surface area contributed by atoms with Gasteiger partial charge < -0.3 is 19.6 Å². The van der Waals surface area contributed by atoms with Crippen molar-refractivity contribution >= 4 is 40.8 Å². The summed E-state index contributed by atoms with van der Waals surface area (Å²) in [6.07, 6.45) is 0. The first-order valence-electron chi connectivity index (χ1n) is 15.3. The average molecular weight is 646 g/mol. The fourth-order valence-electron chi connectivity index (χ4n) is 5.45. The lowest BCUT2D eigenvalue weighted by molar-refractivity contribution is -0.132. The maximum atomic E-state index is 13.5. The number of likely N-dealkylation sites (N-methyl/N-ethyl adjacent to an activating group) is 1. The van der Waals surface area contributed by atoms with Gasteiger partial charge in [0, 0.05) is 49.9 Å². The van der Waals surface area contributed by atoms with Gasteiger partial charge in [-0.15, -0.1) is 10.2 Å². The smallest absolute Gasteiger partial charge is 0.255 e. The van der Waals surface area contributed by atoms with E-state index in [1.165, 1.54) is 5.56 Å². The van der Waals surface area contributed by atoms with E-state index in [0.717, 1.165) is 35.7 Å². The van der Waals surface area contributed by atoms with E-state index in [4.69, 9.17) is 23.2 Å². The van der Waals surface area contributed by atoms with E-state index in [0.29, 0.717) is 49.9 Å². The first-order valence-corrected chi connectivity index (χ1v) is 16.1. The Bertz CT molecular complexity index is 1570. The van der Waals surface area contributed by atoms with Crippen LogP contribution in [-0.2, 0) is 4.79 Å². The number of hydrogen-bond donors (Lipinski definition) is 0. The molecule has 1 fully saturated rings. The maximum Gasteiger partial charge on any atom is 0.255 e. The van der Waals surface area contributed by atoms with Crippen LogP contribution in [-0.4, -0.2) is 95.6 Å². The minimum absolute atomic E-state index is 0.0172. The molecule has 0 unspecified atom stereocenters. The second kappa shape index (κ2) is 15.3. The molecule has 8 nitrogen and oxygen atoms in total. The Hall–Kier alpha value is -3.98. The highest BCUT2D eigenvalue weighted by Crippen LogP contribution is 2.25. The molecule has 5 rings (SSSR count). The lowest BCUT2D eigenvalue weighted by Crippen LogP contribution is -2.52. The molecule has 0 N–H and O–H groups in total. The SMILES string of the molecule is CCN(CC)CCN(CC(=O)N1CCN(c2ccc(-c3ccc(-c4ccccc4)cc3)nn2)CC1)C(=O)c1ccc(Cl)cc1Cl. The first-order chi connectivity index (χ1) is 21.9. The number of carbonyl (C=O) groups excluding carboxylic acids is 2. The van der Waals surface area contributed by atoms with Crippen molar-refractivity contribution in [3.05, 3.63) is 101 Å². The summed E-state index contributed by atoms with van der Waals surface area (Å²) in [7, 11) is 0. The van der Waals surface area contributed by atoms with Crippen molar-refractivity contribution in [2.45, 2.75) is 13.8 Å². The molecule has 1 aromatic heterocycles. The number of halogens is 2. The summed E-state index contributed by atoms with van der Waals surface area (Å²) in [5.41, 5.74) is 4.48. The van der Waals surface area contributed by atoms with Crippen LogP contribution in [0, 0.1) is 0 Å². The Morgan fingerprint density at radius 1 is 0.756 bits per heavy atom. The fraction of sp³-hybridized carbons (Fsp3) is 0.314. The molecule has 10 heteroatoms. The van der Waals surface area contributed by atoms with Gasteiger partial charge in [-0.3, -0.25) is 9.59 Å². The van der Waals surface area contributed by atoms with Crippen LogP contribution >= 0.6 is 23.2 Å². The number of amides is 2. The molecule has 0 saturated carbocycles. The van der Waals surface area contributed by atoms with Crippen molar-refractivity contribution in [1.29, 1.82) is 0 Å². The monoisotopic (exact) mass is 644 g/mol. The fourth-order valence-corrected chi connectivity index (χ4v) is 5.94. The van der Waals surface area contributed by atoms with Crippen molar-refractivity contribution in [3.8, 4) is 22.4 Å². The van der Waals surface area contributed by atoms with Gasteiger partial charge in [0.05, 0.1) is 16.3 Å². The van der Waals surface area contributed by atoms with Gasteiger partial charge in [0.1, 0.15) is 6.54 Å². The van der Waals surface area contributed by atoms with E-state index in [-0.39, 0.29) is 23.4 Å². The van der Waals surface area contributed by atoms with Gasteiger partial charge in [-0.25, -0.2) is 0 Å². The zero-order valence-electron chi connectivity index (χ0n) is 25.7. The molecule has 1 aliphatic heterocycles. The number of piperazine rings is 1. The number of aromatic nitrogens is 2. The van der Waals surface area contributed by atoms with Crippen LogP contribution in [0.4, 0.5) is 5.82 Å². The predicted molar refractivity (Wildman–Crippen MR) is 182 cm³/mol. The molecule has 2 amide bonds. The summed E-state index contributed by atoms with van der Waals surface area (Å²) in [5, 5.41) is 9.72. The largest absolute Gasteiger partial charge is 0.352 e. The summed E-state index contributed by atoms with van der Waals surface area (Å²) in [6.45, 7) is 9.27. The van der Waals surface area contributed by atoms with Crippen molar-refractivity contribution in [1.82, 2.24) is 24.9 Å². The van der Waals surface area contributed by atoms with E-state index in [2.05, 4.69) is 70.2 Å². The molecule has 0 aliphatic carbocycles. The van der Waals surface area contributed by atoms with Crippen LogP contribution < -0.4 is 4.90 Å². The van der Waals surface area contributed by atoms with Gasteiger partial charge in [-0.05, 0) is 54.5 Å². The van der Waals surface area contributed by atoms with Crippen LogP contribution in [0.1, 0.15) is 24.2 Å². The number of nitrogens with zero attached hydrogens (tertiary/aromatic N) is 6. The summed E-state index contributed by atoms with van der Waals surface area (Å²) in [6, 6.07) is 27.4. The van der Waals surface area contributed by atoms with E-state index >= 15 is 0 Å². The Kier molecular flexibility index (Phi) is 11.1. The summed E-state index contributed by atoms with van der Waals surface area (Å²) in [5.74, 6) is 0.411. The molecular weight excluding hydrogens is 607 g/mol. The third-order valence-electron chi connectivity index (χ3n) is 8.25. The van der Waals surface area contributed by atoms with E-state index in [1.807, 2.05) is 35.2 Å². The molecular formula is C35H38Cl2N6O2. The topological polar surface area (TPSA) is 72.9 Å². The van der Waals surface area contributed by atoms with Crippen LogP contribution in [0.15, 0.2) is 84.9 Å². The molecule has 1 aliphatic rings. The lowest BCUT2D eigenvalue weighted by Gasteiger charge is -2.36. The van der Waals surface area contributed by atoms with E-state index in [9.17, 15) is 9.59 Å². The third-order valence-corrected chi connectivity index (χ3v) is 8.80. The summed E-state index contributed by atoms with van der Waals surface area (Å²) >= 11 is 12.4. The normalized spacial score (nSPS) is 13.3. The number of carbonyl (C=O) groups is 2. The molecule has 1 saturated heterocycles. The average Bonchev–Trinajstić information content (AvgIpc) is 3.08. The van der Waals surface area contributed by atoms with Gasteiger partial charge >= 0.3 is 0 Å². The van der Waals surface area contributed by atoms with E-state index < -0.39 is 0 Å².